The third-order valence-corrected chi connectivity index (χ3v) is 5.79. The Bertz CT molecular complexity index is 1090. The largest absolute Gasteiger partial charge is 0.481 e. The van der Waals surface area contributed by atoms with E-state index in [0.717, 1.165) is 22.5 Å². The standard InChI is InChI=1S/C20H20ClN3O4S/c21-15-8-4-14(5-9-15)18-12-19(24-23-18)17(2-1-3-20(25)26)13-6-10-16(11-7-13)29(22,27)28/h4-12,17H,1-3H2,(H,23,24)(H,25,26)(H2,22,27,28). The monoisotopic (exact) mass is 433 g/mol. The van der Waals surface area contributed by atoms with E-state index in [9.17, 15) is 13.2 Å². The van der Waals surface area contributed by atoms with Crippen LogP contribution in [0.5, 0.6) is 0 Å². The van der Waals surface area contributed by atoms with Crippen LogP contribution in [0.2, 0.25) is 5.02 Å². The van der Waals surface area contributed by atoms with Crippen LogP contribution in [0.1, 0.15) is 36.4 Å². The highest BCUT2D eigenvalue weighted by Crippen LogP contribution is 2.31. The van der Waals surface area contributed by atoms with Crippen LogP contribution in [0.4, 0.5) is 0 Å². The number of H-pyrrole nitrogens is 1. The molecule has 0 saturated carbocycles. The zero-order valence-corrected chi connectivity index (χ0v) is 16.9. The van der Waals surface area contributed by atoms with Gasteiger partial charge in [-0.3, -0.25) is 9.89 Å². The van der Waals surface area contributed by atoms with Gasteiger partial charge in [-0.25, -0.2) is 13.6 Å². The maximum Gasteiger partial charge on any atom is 0.303 e. The van der Waals surface area contributed by atoms with Crippen LogP contribution in [0, 0.1) is 0 Å². The highest BCUT2D eigenvalue weighted by atomic mass is 35.5. The molecule has 152 valence electrons. The average Bonchev–Trinajstić information content (AvgIpc) is 3.15. The molecule has 0 radical (unpaired) electrons. The molecule has 0 saturated heterocycles. The van der Waals surface area contributed by atoms with Gasteiger partial charge in [-0.1, -0.05) is 35.9 Å². The van der Waals surface area contributed by atoms with Crippen molar-refractivity contribution in [2.24, 2.45) is 5.14 Å². The highest BCUT2D eigenvalue weighted by molar-refractivity contribution is 7.89. The summed E-state index contributed by atoms with van der Waals surface area (Å²) in [6.07, 6.45) is 1.07. The number of halogens is 1. The summed E-state index contributed by atoms with van der Waals surface area (Å²) in [5, 5.41) is 22.1. The summed E-state index contributed by atoms with van der Waals surface area (Å²) in [4.78, 5) is 10.9. The Morgan fingerprint density at radius 3 is 2.38 bits per heavy atom. The number of nitrogens with one attached hydrogen (secondary N) is 1. The summed E-state index contributed by atoms with van der Waals surface area (Å²) in [6, 6.07) is 15.5. The summed E-state index contributed by atoms with van der Waals surface area (Å²) < 4.78 is 23.0. The van der Waals surface area contributed by atoms with Gasteiger partial charge >= 0.3 is 5.97 Å². The Labute approximate surface area is 173 Å². The first-order chi connectivity index (χ1) is 13.7. The second-order valence-corrected chi connectivity index (χ2v) is 8.67. The van der Waals surface area contributed by atoms with E-state index in [-0.39, 0.29) is 17.2 Å². The van der Waals surface area contributed by atoms with Gasteiger partial charge in [-0.2, -0.15) is 5.10 Å². The predicted octanol–water partition coefficient (Wildman–Crippen LogP) is 3.76. The fraction of sp³-hybridized carbons (Fsp3) is 0.200. The molecule has 3 rings (SSSR count). The molecule has 3 aromatic rings. The van der Waals surface area contributed by atoms with Gasteiger partial charge < -0.3 is 5.11 Å². The number of nitrogens with zero attached hydrogens (tertiary/aromatic N) is 1. The molecule has 7 nitrogen and oxygen atoms in total. The van der Waals surface area contributed by atoms with Crippen LogP contribution in [0.25, 0.3) is 11.3 Å². The summed E-state index contributed by atoms with van der Waals surface area (Å²) >= 11 is 5.93. The van der Waals surface area contributed by atoms with E-state index in [2.05, 4.69) is 10.2 Å². The van der Waals surface area contributed by atoms with Gasteiger partial charge in [0.15, 0.2) is 0 Å². The van der Waals surface area contributed by atoms with Gasteiger partial charge in [0.2, 0.25) is 10.0 Å². The number of carbonyl (C=O) groups is 1. The number of hydrogen-bond acceptors (Lipinski definition) is 4. The number of nitrogens with two attached hydrogens (primary N) is 1. The van der Waals surface area contributed by atoms with Gasteiger partial charge in [0.25, 0.3) is 0 Å². The lowest BCUT2D eigenvalue weighted by Gasteiger charge is -2.16. The van der Waals surface area contributed by atoms with Crippen molar-refractivity contribution in [1.29, 1.82) is 0 Å². The van der Waals surface area contributed by atoms with E-state index >= 15 is 0 Å². The molecule has 0 fully saturated rings. The van der Waals surface area contributed by atoms with Gasteiger partial charge in [0.05, 0.1) is 10.6 Å². The number of aliphatic carboxylic acids is 1. The molecule has 0 bridgehead atoms. The summed E-state index contributed by atoms with van der Waals surface area (Å²) in [5.41, 5.74) is 3.28. The molecule has 0 aliphatic heterocycles. The first kappa shape index (κ1) is 21.0. The second kappa shape index (κ2) is 8.77. The third kappa shape index (κ3) is 5.44. The van der Waals surface area contributed by atoms with E-state index in [4.69, 9.17) is 21.8 Å². The Kier molecular flexibility index (Phi) is 6.36. The number of aromatic nitrogens is 2. The van der Waals surface area contributed by atoms with Crippen molar-refractivity contribution in [2.75, 3.05) is 0 Å². The molecule has 1 heterocycles. The van der Waals surface area contributed by atoms with Crippen molar-refractivity contribution in [1.82, 2.24) is 10.2 Å². The number of primary sulfonamides is 1. The Hall–Kier alpha value is -2.68. The second-order valence-electron chi connectivity index (χ2n) is 6.67. The van der Waals surface area contributed by atoms with E-state index < -0.39 is 16.0 Å². The molecule has 2 aromatic carbocycles. The number of carboxylic acids is 1. The first-order valence-corrected chi connectivity index (χ1v) is 10.8. The minimum Gasteiger partial charge on any atom is -0.481 e. The lowest BCUT2D eigenvalue weighted by atomic mass is 9.90. The normalized spacial score (nSPS) is 12.6. The number of rotatable bonds is 8. The summed E-state index contributed by atoms with van der Waals surface area (Å²) in [6.45, 7) is 0. The molecule has 1 unspecified atom stereocenters. The molecular weight excluding hydrogens is 414 g/mol. The molecule has 1 atom stereocenters. The molecule has 4 N–H and O–H groups in total. The van der Waals surface area contributed by atoms with Crippen molar-refractivity contribution in [3.8, 4) is 11.3 Å². The van der Waals surface area contributed by atoms with Gasteiger partial charge in [0, 0.05) is 28.6 Å². The first-order valence-electron chi connectivity index (χ1n) is 8.90. The zero-order valence-electron chi connectivity index (χ0n) is 15.4. The van der Waals surface area contributed by atoms with Crippen molar-refractivity contribution in [2.45, 2.75) is 30.1 Å². The van der Waals surface area contributed by atoms with Crippen molar-refractivity contribution < 1.29 is 18.3 Å². The van der Waals surface area contributed by atoms with Crippen LogP contribution in [0.15, 0.2) is 59.5 Å². The Morgan fingerprint density at radius 2 is 1.79 bits per heavy atom. The SMILES string of the molecule is NS(=O)(=O)c1ccc(C(CCCC(=O)O)c2cc(-c3ccc(Cl)cc3)n[nH]2)cc1. The number of benzene rings is 2. The minimum absolute atomic E-state index is 0.0250. The maximum atomic E-state index is 11.5. The molecule has 0 spiro atoms. The fourth-order valence-electron chi connectivity index (χ4n) is 3.13. The minimum atomic E-state index is -3.78. The van der Waals surface area contributed by atoms with Crippen LogP contribution in [-0.4, -0.2) is 29.7 Å². The molecule has 9 heteroatoms. The van der Waals surface area contributed by atoms with E-state index in [1.807, 2.05) is 18.2 Å². The van der Waals surface area contributed by atoms with Gasteiger partial charge in [-0.05, 0) is 48.7 Å². The Balaban J connectivity index is 1.91. The topological polar surface area (TPSA) is 126 Å². The molecule has 29 heavy (non-hydrogen) atoms. The van der Waals surface area contributed by atoms with E-state index in [1.54, 1.807) is 24.3 Å². The molecule has 0 aliphatic carbocycles. The van der Waals surface area contributed by atoms with Crippen LogP contribution < -0.4 is 5.14 Å². The quantitative estimate of drug-likeness (QED) is 0.498. The van der Waals surface area contributed by atoms with Crippen LogP contribution in [0.3, 0.4) is 0 Å². The predicted molar refractivity (Wildman–Crippen MR) is 110 cm³/mol. The van der Waals surface area contributed by atoms with Crippen LogP contribution in [-0.2, 0) is 14.8 Å². The summed E-state index contributed by atoms with van der Waals surface area (Å²) in [7, 11) is -3.78. The van der Waals surface area contributed by atoms with E-state index in [1.165, 1.54) is 12.1 Å². The number of aromatic amines is 1. The number of sulfonamides is 1. The van der Waals surface area contributed by atoms with Crippen molar-refractivity contribution in [3.05, 3.63) is 70.9 Å². The molecular formula is C20H20ClN3O4S. The molecule has 0 amide bonds. The van der Waals surface area contributed by atoms with Crippen molar-refractivity contribution in [3.63, 3.8) is 0 Å². The maximum absolute atomic E-state index is 11.5. The van der Waals surface area contributed by atoms with Gasteiger partial charge in [-0.15, -0.1) is 0 Å². The number of hydrogen-bond donors (Lipinski definition) is 3. The van der Waals surface area contributed by atoms with Crippen molar-refractivity contribution >= 4 is 27.6 Å². The summed E-state index contributed by atoms with van der Waals surface area (Å²) in [5.74, 6) is -1.03. The van der Waals surface area contributed by atoms with E-state index in [0.29, 0.717) is 17.9 Å². The van der Waals surface area contributed by atoms with Crippen LogP contribution >= 0.6 is 11.6 Å². The third-order valence-electron chi connectivity index (χ3n) is 4.61. The molecule has 0 aliphatic rings. The highest BCUT2D eigenvalue weighted by Gasteiger charge is 2.19. The smallest absolute Gasteiger partial charge is 0.303 e. The molecule has 1 aromatic heterocycles. The number of carboxylic acid groups (broad SMARTS) is 1. The zero-order chi connectivity index (χ0) is 21.0. The average molecular weight is 434 g/mol. The fourth-order valence-corrected chi connectivity index (χ4v) is 3.77. The lowest BCUT2D eigenvalue weighted by Crippen LogP contribution is -2.12. The Morgan fingerprint density at radius 1 is 1.14 bits per heavy atom. The lowest BCUT2D eigenvalue weighted by molar-refractivity contribution is -0.137. The van der Waals surface area contributed by atoms with Gasteiger partial charge in [0.1, 0.15) is 0 Å².